The van der Waals surface area contributed by atoms with Gasteiger partial charge in [-0.05, 0) is 48.6 Å². The average Bonchev–Trinajstić information content (AvgIpc) is 3.41. The van der Waals surface area contributed by atoms with Crippen LogP contribution >= 0.6 is 0 Å². The molecule has 3 aliphatic rings. The number of carbonyl (C=O) groups excluding carboxylic acids is 2. The molecule has 0 aliphatic carbocycles. The minimum absolute atomic E-state index is 0.117. The number of fused-ring (bicyclic) bond motifs is 1. The highest BCUT2D eigenvalue weighted by molar-refractivity contribution is 6.06. The number of amides is 2. The van der Waals surface area contributed by atoms with E-state index in [9.17, 15) is 9.59 Å². The number of allylic oxidation sites excluding steroid dienone is 3. The van der Waals surface area contributed by atoms with Gasteiger partial charge < -0.3 is 24.2 Å². The van der Waals surface area contributed by atoms with E-state index < -0.39 is 0 Å². The van der Waals surface area contributed by atoms with Crippen LogP contribution in [-0.4, -0.2) is 88.8 Å². The second-order valence-electron chi connectivity index (χ2n) is 11.8. The van der Waals surface area contributed by atoms with Gasteiger partial charge in [0.2, 0.25) is 5.91 Å². The molecule has 41 heavy (non-hydrogen) atoms. The lowest BCUT2D eigenvalue weighted by Gasteiger charge is -2.35. The molecule has 2 saturated heterocycles. The van der Waals surface area contributed by atoms with Gasteiger partial charge in [-0.25, -0.2) is 0 Å². The molecule has 2 amide bonds. The second-order valence-corrected chi connectivity index (χ2v) is 11.8. The van der Waals surface area contributed by atoms with Crippen molar-refractivity contribution in [1.29, 1.82) is 0 Å². The molecular formula is C34H41N5O2. The normalized spacial score (nSPS) is 18.7. The van der Waals surface area contributed by atoms with E-state index in [1.54, 1.807) is 6.92 Å². The Bertz CT molecular complexity index is 1470. The number of rotatable bonds is 6. The van der Waals surface area contributed by atoms with Crippen LogP contribution in [0.5, 0.6) is 0 Å². The molecule has 0 radical (unpaired) electrons. The first-order valence-electron chi connectivity index (χ1n) is 15.0. The maximum atomic E-state index is 14.0. The Labute approximate surface area is 243 Å². The predicted octanol–water partition coefficient (Wildman–Crippen LogP) is 5.06. The fourth-order valence-electron chi connectivity index (χ4n) is 6.46. The van der Waals surface area contributed by atoms with Crippen molar-refractivity contribution in [1.82, 2.24) is 24.2 Å². The lowest BCUT2D eigenvalue weighted by Crippen LogP contribution is -2.47. The van der Waals surface area contributed by atoms with Crippen LogP contribution in [0.2, 0.25) is 0 Å². The third-order valence-electron chi connectivity index (χ3n) is 8.98. The number of likely N-dealkylation sites (tertiary alicyclic amines) is 1. The van der Waals surface area contributed by atoms with Crippen LogP contribution in [0, 0.1) is 5.92 Å². The molecule has 3 aliphatic heterocycles. The maximum absolute atomic E-state index is 14.0. The molecule has 3 aromatic rings. The van der Waals surface area contributed by atoms with Crippen molar-refractivity contribution in [3.8, 4) is 11.1 Å². The third kappa shape index (κ3) is 5.96. The summed E-state index contributed by atoms with van der Waals surface area (Å²) >= 11 is 0. The predicted molar refractivity (Wildman–Crippen MR) is 164 cm³/mol. The molecule has 0 bridgehead atoms. The van der Waals surface area contributed by atoms with Crippen molar-refractivity contribution in [3.63, 3.8) is 0 Å². The minimum atomic E-state index is 0.117. The number of piperazine rings is 1. The molecule has 0 saturated carbocycles. The molecular weight excluding hydrogens is 510 g/mol. The molecule has 6 rings (SSSR count). The minimum Gasteiger partial charge on any atom is -0.350 e. The molecule has 7 heteroatoms. The van der Waals surface area contributed by atoms with E-state index in [4.69, 9.17) is 0 Å². The van der Waals surface area contributed by atoms with E-state index in [0.29, 0.717) is 12.5 Å². The summed E-state index contributed by atoms with van der Waals surface area (Å²) < 4.78 is 2.21. The van der Waals surface area contributed by atoms with E-state index >= 15 is 0 Å². The number of aromatic nitrogens is 1. The van der Waals surface area contributed by atoms with Gasteiger partial charge in [0.25, 0.3) is 5.91 Å². The Morgan fingerprint density at radius 1 is 0.854 bits per heavy atom. The van der Waals surface area contributed by atoms with Crippen LogP contribution in [0.15, 0.2) is 78.9 Å². The Kier molecular flexibility index (Phi) is 7.97. The molecule has 0 spiro atoms. The van der Waals surface area contributed by atoms with Crippen LogP contribution in [0.1, 0.15) is 36.5 Å². The molecule has 4 heterocycles. The molecule has 7 nitrogen and oxygen atoms in total. The van der Waals surface area contributed by atoms with Gasteiger partial charge in [-0.3, -0.25) is 9.59 Å². The zero-order valence-corrected chi connectivity index (χ0v) is 24.3. The van der Waals surface area contributed by atoms with Gasteiger partial charge in [0.05, 0.1) is 12.1 Å². The summed E-state index contributed by atoms with van der Waals surface area (Å²) in [5.74, 6) is 0.854. The summed E-state index contributed by atoms with van der Waals surface area (Å²) in [5, 5.41) is 2.34. The van der Waals surface area contributed by atoms with Crippen LogP contribution in [-0.2, 0) is 11.3 Å². The lowest BCUT2D eigenvalue weighted by atomic mass is 9.95. The van der Waals surface area contributed by atoms with Gasteiger partial charge in [-0.2, -0.15) is 0 Å². The van der Waals surface area contributed by atoms with Crippen molar-refractivity contribution >= 4 is 22.6 Å². The van der Waals surface area contributed by atoms with Crippen molar-refractivity contribution < 1.29 is 9.59 Å². The van der Waals surface area contributed by atoms with Crippen LogP contribution in [0.4, 0.5) is 0 Å². The fraction of sp³-hybridized carbons (Fsp3) is 0.412. The van der Waals surface area contributed by atoms with Gasteiger partial charge >= 0.3 is 0 Å². The average molecular weight is 552 g/mol. The second kappa shape index (κ2) is 12.0. The topological polar surface area (TPSA) is 52.0 Å². The van der Waals surface area contributed by atoms with Crippen molar-refractivity contribution in [2.24, 2.45) is 5.92 Å². The summed E-state index contributed by atoms with van der Waals surface area (Å²) in [6.07, 6.45) is 14.0. The van der Waals surface area contributed by atoms with Gasteiger partial charge in [0, 0.05) is 82.6 Å². The zero-order chi connectivity index (χ0) is 28.3. The SMILES string of the molecule is CC(=O)N1CCC(CN2C=CCC=C2Cn2cc(C(=O)N3CCN(C)CC3)c(-c3cccc4ccccc34)c2)CC1. The maximum Gasteiger partial charge on any atom is 0.256 e. The lowest BCUT2D eigenvalue weighted by molar-refractivity contribution is -0.130. The Morgan fingerprint density at radius 2 is 1.61 bits per heavy atom. The number of benzene rings is 2. The molecule has 0 N–H and O–H groups in total. The van der Waals surface area contributed by atoms with E-state index in [0.717, 1.165) is 81.8 Å². The van der Waals surface area contributed by atoms with E-state index in [1.165, 1.54) is 16.5 Å². The number of nitrogens with zero attached hydrogens (tertiary/aromatic N) is 5. The van der Waals surface area contributed by atoms with Crippen molar-refractivity contribution in [3.05, 3.63) is 84.5 Å². The number of hydrogen-bond donors (Lipinski definition) is 0. The fourth-order valence-corrected chi connectivity index (χ4v) is 6.46. The van der Waals surface area contributed by atoms with Gasteiger partial charge in [-0.15, -0.1) is 0 Å². The highest BCUT2D eigenvalue weighted by Crippen LogP contribution is 2.33. The van der Waals surface area contributed by atoms with E-state index in [2.05, 4.69) is 94.6 Å². The molecule has 214 valence electrons. The van der Waals surface area contributed by atoms with Gasteiger partial charge in [0.1, 0.15) is 0 Å². The summed E-state index contributed by atoms with van der Waals surface area (Å²) in [5.41, 5.74) is 4.15. The number of hydrogen-bond acceptors (Lipinski definition) is 4. The van der Waals surface area contributed by atoms with E-state index in [-0.39, 0.29) is 11.8 Å². The van der Waals surface area contributed by atoms with Crippen molar-refractivity contribution in [2.45, 2.75) is 32.7 Å². The summed E-state index contributed by atoms with van der Waals surface area (Å²) in [4.78, 5) is 34.4. The molecule has 0 unspecified atom stereocenters. The molecule has 0 atom stereocenters. The van der Waals surface area contributed by atoms with Gasteiger partial charge in [0.15, 0.2) is 0 Å². The smallest absolute Gasteiger partial charge is 0.256 e. The monoisotopic (exact) mass is 551 g/mol. The Balaban J connectivity index is 1.27. The summed E-state index contributed by atoms with van der Waals surface area (Å²) in [7, 11) is 2.12. The highest BCUT2D eigenvalue weighted by atomic mass is 16.2. The first-order chi connectivity index (χ1) is 20.0. The van der Waals surface area contributed by atoms with Gasteiger partial charge in [-0.1, -0.05) is 54.6 Å². The quantitative estimate of drug-likeness (QED) is 0.430. The molecule has 2 aromatic carbocycles. The van der Waals surface area contributed by atoms with Crippen LogP contribution in [0.3, 0.4) is 0 Å². The zero-order valence-electron chi connectivity index (χ0n) is 24.3. The van der Waals surface area contributed by atoms with Crippen LogP contribution < -0.4 is 0 Å². The summed E-state index contributed by atoms with van der Waals surface area (Å²) in [6, 6.07) is 14.8. The first-order valence-corrected chi connectivity index (χ1v) is 15.0. The standard InChI is InChI=1S/C34H41N5O2/c1-26(40)37-16-13-27(14-17-37)22-39-15-6-5-10-29(39)23-36-24-32(31-12-7-9-28-8-3-4-11-30(28)31)33(25-36)34(41)38-20-18-35(2)19-21-38/h3-4,6-12,15,24-25,27H,5,13-14,16-23H2,1-2H3. The number of piperidine rings is 1. The van der Waals surface area contributed by atoms with E-state index in [1.807, 2.05) is 9.80 Å². The van der Waals surface area contributed by atoms with Crippen molar-refractivity contribution in [2.75, 3.05) is 52.9 Å². The largest absolute Gasteiger partial charge is 0.350 e. The number of carbonyl (C=O) groups is 2. The molecule has 1 aromatic heterocycles. The van der Waals surface area contributed by atoms with Crippen LogP contribution in [0.25, 0.3) is 21.9 Å². The molecule has 2 fully saturated rings. The Hall–Kier alpha value is -3.84. The first kappa shape index (κ1) is 27.3. The summed E-state index contributed by atoms with van der Waals surface area (Å²) in [6.45, 7) is 8.33. The third-order valence-corrected chi connectivity index (χ3v) is 8.98. The number of likely N-dealkylation sites (N-methyl/N-ethyl adjacent to an activating group) is 1. The highest BCUT2D eigenvalue weighted by Gasteiger charge is 2.27. The Morgan fingerprint density at radius 3 is 2.39 bits per heavy atom.